The van der Waals surface area contributed by atoms with Gasteiger partial charge in [-0.1, -0.05) is 20.8 Å². The summed E-state index contributed by atoms with van der Waals surface area (Å²) >= 11 is 0.00694. The Morgan fingerprint density at radius 2 is 1.51 bits per heavy atom. The molecule has 0 aromatic rings. The minimum absolute atomic E-state index is 0. The molecule has 0 spiro atoms. The number of carbonyl (C=O) groups is 2. The first-order valence-electron chi connectivity index (χ1n) is 12.8. The fourth-order valence-corrected chi connectivity index (χ4v) is 4.25. The number of hydrogen-bond acceptors (Lipinski definition) is 6. The van der Waals surface area contributed by atoms with Crippen LogP contribution >= 0.6 is 20.2 Å². The summed E-state index contributed by atoms with van der Waals surface area (Å²) in [6, 6.07) is 0.232. The van der Waals surface area contributed by atoms with Gasteiger partial charge in [0.25, 0.3) is 0 Å². The smallest absolute Gasteiger partial charge is 0 e. The van der Waals surface area contributed by atoms with E-state index in [9.17, 15) is 9.59 Å². The summed E-state index contributed by atoms with van der Waals surface area (Å²) in [6.07, 6.45) is 0.478. The zero-order chi connectivity index (χ0) is 28.8. The van der Waals surface area contributed by atoms with Crippen LogP contribution in [-0.2, 0) is 41.7 Å². The maximum atomic E-state index is 12.3. The number of ether oxygens (including phenoxy) is 4. The van der Waals surface area contributed by atoms with E-state index in [1.54, 1.807) is 6.08 Å². The van der Waals surface area contributed by atoms with Crippen molar-refractivity contribution in [3.8, 4) is 0 Å². The molecule has 11 nitrogen and oxygen atoms in total. The molecule has 2 unspecified atom stereocenters. The second-order valence-corrected chi connectivity index (χ2v) is 11.3. The molecular weight excluding hydrogens is 592 g/mol. The van der Waals surface area contributed by atoms with Crippen LogP contribution in [0, 0.1) is 0 Å². The van der Waals surface area contributed by atoms with Crippen LogP contribution in [0.15, 0.2) is 22.8 Å². The van der Waals surface area contributed by atoms with Crippen LogP contribution in [0.25, 0.3) is 26.6 Å². The minimum Gasteiger partial charge on any atom is 0 e. The molecule has 231 valence electrons. The van der Waals surface area contributed by atoms with Crippen molar-refractivity contribution in [1.29, 1.82) is 0 Å². The van der Waals surface area contributed by atoms with Crippen LogP contribution in [-0.4, -0.2) is 115 Å². The molecule has 1 fully saturated rings. The van der Waals surface area contributed by atoms with E-state index in [1.807, 2.05) is 6.92 Å². The van der Waals surface area contributed by atoms with Gasteiger partial charge in [0.2, 0.25) is 0 Å². The molecule has 2 bridgehead atoms. The predicted molar refractivity (Wildman–Crippen MR) is 155 cm³/mol. The van der Waals surface area contributed by atoms with E-state index >= 15 is 0 Å². The van der Waals surface area contributed by atoms with E-state index in [0.717, 1.165) is 5.57 Å². The van der Waals surface area contributed by atoms with Gasteiger partial charge in [-0.2, -0.15) is 57.4 Å². The number of nitrogens with zero attached hydrogens (tertiary/aromatic N) is 5. The van der Waals surface area contributed by atoms with Crippen molar-refractivity contribution in [2.75, 3.05) is 66.7 Å². The summed E-state index contributed by atoms with van der Waals surface area (Å²) < 4.78 is 21.5. The summed E-state index contributed by atoms with van der Waals surface area (Å²) in [4.78, 5) is 24.5. The zero-order valence-corrected chi connectivity index (χ0v) is 25.7. The number of carbonyl (C=O) groups excluding carboxylic acids is 2. The van der Waals surface area contributed by atoms with Gasteiger partial charge in [-0.15, -0.1) is 6.04 Å². The molecular formula is C25H44Cl2MnN5O6-5. The number of fused-ring (bicyclic) bond motifs is 2. The Morgan fingerprint density at radius 1 is 0.923 bits per heavy atom. The average molecular weight is 637 g/mol. The first-order chi connectivity index (χ1) is 18.7. The normalized spacial score (nSPS) is 30.4. The number of rotatable bonds is 6. The Hall–Kier alpha value is -0.761. The first kappa shape index (κ1) is 34.4. The van der Waals surface area contributed by atoms with Gasteiger partial charge in [-0.05, 0) is 11.6 Å². The van der Waals surface area contributed by atoms with Crippen molar-refractivity contribution >= 4 is 32.1 Å². The Bertz CT molecular complexity index is 867. The summed E-state index contributed by atoms with van der Waals surface area (Å²) in [7, 11) is 12.1. The molecule has 0 aliphatic carbocycles. The molecule has 0 saturated carbocycles. The zero-order valence-electron chi connectivity index (χ0n) is 23.0. The molecule has 0 aromatic carbocycles. The molecule has 3 rings (SSSR count). The largest absolute Gasteiger partial charge is 0 e. The van der Waals surface area contributed by atoms with Gasteiger partial charge in [-0.3, -0.25) is 0 Å². The summed E-state index contributed by atoms with van der Waals surface area (Å²) in [5.41, 5.74) is 1.14. The SMILES string of the molecule is COC(=O)C1=C(C(=O)OC)C2OC1C=C2COC[C@H]1C[N-][C@H](C)C[N-][C@@H](C)C[N-]CC[N-][C@H](C)C[N-]1.[Cl][Mn][Cl].[HH].[HH].[HH]. The number of hydrogen-bond donors (Lipinski definition) is 0. The fraction of sp³-hybridized carbons (Fsp3) is 0.760. The average Bonchev–Trinajstić information content (AvgIpc) is 3.50. The van der Waals surface area contributed by atoms with Gasteiger partial charge in [0.15, 0.2) is 0 Å². The van der Waals surface area contributed by atoms with Crippen LogP contribution in [0.2, 0.25) is 0 Å². The predicted octanol–water partition coefficient (Wildman–Crippen LogP) is 4.88. The second-order valence-electron chi connectivity index (χ2n) is 9.39. The number of esters is 2. The van der Waals surface area contributed by atoms with Gasteiger partial charge in [-0.25, -0.2) is 9.59 Å². The van der Waals surface area contributed by atoms with Gasteiger partial charge in [0.05, 0.1) is 32.0 Å². The maximum absolute atomic E-state index is 12.3. The molecule has 0 radical (unpaired) electrons. The number of methoxy groups -OCH3 is 2. The van der Waals surface area contributed by atoms with Crippen LogP contribution in [0.1, 0.15) is 25.1 Å². The third kappa shape index (κ3) is 11.2. The summed E-state index contributed by atoms with van der Waals surface area (Å²) in [6.45, 7) is 10.7. The van der Waals surface area contributed by atoms with Gasteiger partial charge < -0.3 is 45.5 Å². The van der Waals surface area contributed by atoms with Gasteiger partial charge in [0, 0.05) is 10.9 Å². The minimum atomic E-state index is -0.682. The third-order valence-corrected chi connectivity index (χ3v) is 6.24. The van der Waals surface area contributed by atoms with E-state index in [-0.39, 0.29) is 59.3 Å². The molecule has 0 aromatic heterocycles. The van der Waals surface area contributed by atoms with E-state index in [1.165, 1.54) is 14.2 Å². The second kappa shape index (κ2) is 18.6. The molecule has 0 N–H and O–H groups in total. The Balaban J connectivity index is 0. The van der Waals surface area contributed by atoms with E-state index in [0.29, 0.717) is 45.9 Å². The maximum Gasteiger partial charge on any atom is 0 e. The van der Waals surface area contributed by atoms with Gasteiger partial charge >= 0.3 is 45.3 Å². The Kier molecular flexibility index (Phi) is 16.5. The molecule has 14 heteroatoms. The fourth-order valence-electron chi connectivity index (χ4n) is 4.25. The molecule has 1 saturated heterocycles. The van der Waals surface area contributed by atoms with Gasteiger partial charge in [0.1, 0.15) is 12.2 Å². The third-order valence-electron chi connectivity index (χ3n) is 6.24. The summed E-state index contributed by atoms with van der Waals surface area (Å²) in [5, 5.41) is 23.4. The first-order valence-corrected chi connectivity index (χ1v) is 16.0. The van der Waals surface area contributed by atoms with E-state index < -0.39 is 24.1 Å². The van der Waals surface area contributed by atoms with Crippen molar-refractivity contribution < 1.29 is 45.9 Å². The quantitative estimate of drug-likeness (QED) is 0.231. The van der Waals surface area contributed by atoms with Crippen molar-refractivity contribution in [3.63, 3.8) is 0 Å². The van der Waals surface area contributed by atoms with E-state index in [4.69, 9.17) is 49.8 Å². The van der Waals surface area contributed by atoms with Crippen LogP contribution in [0.5, 0.6) is 0 Å². The molecule has 39 heavy (non-hydrogen) atoms. The Labute approximate surface area is 250 Å². The monoisotopic (exact) mass is 635 g/mol. The molecule has 3 aliphatic rings. The van der Waals surface area contributed by atoms with Crippen LogP contribution in [0.3, 0.4) is 0 Å². The molecule has 3 heterocycles. The molecule has 6 atom stereocenters. The van der Waals surface area contributed by atoms with Crippen molar-refractivity contribution in [2.45, 2.75) is 57.1 Å². The molecule has 3 aliphatic heterocycles. The van der Waals surface area contributed by atoms with Crippen molar-refractivity contribution in [3.05, 3.63) is 49.4 Å². The Morgan fingerprint density at radius 3 is 2.21 bits per heavy atom. The van der Waals surface area contributed by atoms with Crippen molar-refractivity contribution in [1.82, 2.24) is 0 Å². The number of halogens is 2. The molecule has 0 amide bonds. The van der Waals surface area contributed by atoms with E-state index in [2.05, 4.69) is 29.8 Å². The topological polar surface area (TPSA) is 142 Å². The standard InChI is InChI=1S/C25H38N5O6.2ClH.Mn.3H2/c1-15-9-26-6-7-27-16(2)11-30-19(12-29-17(3)10-28-15)14-35-13-18-8-20-21(24(31)33-4)22(23(18)36-20)25(32)34-5;;;;;;/h8,15-17,19-20,23H,6-7,9-14H2,1-5H3;2*1H;;3*1H/q-5;;;+2;;;/p-2/t15-,16+,17+,19+,20?,23?;;;;;;/m0....../s1. The van der Waals surface area contributed by atoms with Crippen LogP contribution in [0.4, 0.5) is 0 Å². The van der Waals surface area contributed by atoms with Crippen LogP contribution < -0.4 is 0 Å². The summed E-state index contributed by atoms with van der Waals surface area (Å²) in [5.74, 6) is -1.21. The van der Waals surface area contributed by atoms with Crippen molar-refractivity contribution in [2.24, 2.45) is 0 Å².